The van der Waals surface area contributed by atoms with Crippen molar-refractivity contribution >= 4 is 27.3 Å². The standard InChI is InChI=1S/C15H17BrN2/c1-11-4-3-5-12(8-11)10-18(2)15-7-6-13(16)9-14(15)17/h3-9H,10,17H2,1-2H3. The smallest absolute Gasteiger partial charge is 0.0601 e. The maximum absolute atomic E-state index is 6.03. The summed E-state index contributed by atoms with van der Waals surface area (Å²) in [7, 11) is 2.06. The molecule has 0 radical (unpaired) electrons. The fourth-order valence-corrected chi connectivity index (χ4v) is 2.42. The summed E-state index contributed by atoms with van der Waals surface area (Å²) in [5, 5.41) is 0. The largest absolute Gasteiger partial charge is 0.397 e. The second-order valence-corrected chi connectivity index (χ2v) is 5.46. The van der Waals surface area contributed by atoms with Gasteiger partial charge in [0.05, 0.1) is 11.4 Å². The van der Waals surface area contributed by atoms with Crippen LogP contribution in [0.3, 0.4) is 0 Å². The Kier molecular flexibility index (Phi) is 3.92. The maximum Gasteiger partial charge on any atom is 0.0601 e. The van der Waals surface area contributed by atoms with E-state index < -0.39 is 0 Å². The average Bonchev–Trinajstić information content (AvgIpc) is 2.28. The molecule has 0 amide bonds. The topological polar surface area (TPSA) is 29.3 Å². The molecule has 0 heterocycles. The molecule has 2 nitrogen and oxygen atoms in total. The maximum atomic E-state index is 6.03. The summed E-state index contributed by atoms with van der Waals surface area (Å²) in [5.74, 6) is 0. The normalized spacial score (nSPS) is 10.4. The van der Waals surface area contributed by atoms with E-state index in [1.54, 1.807) is 0 Å². The molecule has 0 atom stereocenters. The van der Waals surface area contributed by atoms with Crippen LogP contribution in [0.15, 0.2) is 46.9 Å². The van der Waals surface area contributed by atoms with Gasteiger partial charge in [-0.2, -0.15) is 0 Å². The van der Waals surface area contributed by atoms with E-state index in [1.165, 1.54) is 11.1 Å². The fourth-order valence-electron chi connectivity index (χ4n) is 2.04. The lowest BCUT2D eigenvalue weighted by Crippen LogP contribution is -2.17. The number of nitrogen functional groups attached to an aromatic ring is 1. The van der Waals surface area contributed by atoms with Crippen LogP contribution >= 0.6 is 15.9 Å². The predicted molar refractivity (Wildman–Crippen MR) is 81.8 cm³/mol. The molecule has 94 valence electrons. The number of hydrogen-bond acceptors (Lipinski definition) is 2. The van der Waals surface area contributed by atoms with Crippen LogP contribution in [-0.2, 0) is 6.54 Å². The summed E-state index contributed by atoms with van der Waals surface area (Å²) in [6.07, 6.45) is 0. The van der Waals surface area contributed by atoms with Gasteiger partial charge in [-0.1, -0.05) is 45.8 Å². The lowest BCUT2D eigenvalue weighted by molar-refractivity contribution is 0.923. The fraction of sp³-hybridized carbons (Fsp3) is 0.200. The van der Waals surface area contributed by atoms with Gasteiger partial charge >= 0.3 is 0 Å². The SMILES string of the molecule is Cc1cccc(CN(C)c2ccc(Br)cc2N)c1. The van der Waals surface area contributed by atoms with Gasteiger partial charge in [-0.3, -0.25) is 0 Å². The third-order valence-corrected chi connectivity index (χ3v) is 3.40. The zero-order valence-corrected chi connectivity index (χ0v) is 12.2. The van der Waals surface area contributed by atoms with Crippen molar-refractivity contribution in [2.75, 3.05) is 17.7 Å². The zero-order valence-electron chi connectivity index (χ0n) is 10.7. The van der Waals surface area contributed by atoms with E-state index in [1.807, 2.05) is 18.2 Å². The van der Waals surface area contributed by atoms with Gasteiger partial charge in [0.2, 0.25) is 0 Å². The molecule has 0 bridgehead atoms. The molecule has 18 heavy (non-hydrogen) atoms. The van der Waals surface area contributed by atoms with E-state index in [0.717, 1.165) is 22.4 Å². The summed E-state index contributed by atoms with van der Waals surface area (Å²) in [5.41, 5.74) is 10.5. The van der Waals surface area contributed by atoms with Crippen LogP contribution in [-0.4, -0.2) is 7.05 Å². The van der Waals surface area contributed by atoms with Gasteiger partial charge in [-0.05, 0) is 30.7 Å². The number of nitrogens with two attached hydrogens (primary N) is 1. The number of benzene rings is 2. The Labute approximate surface area is 117 Å². The minimum Gasteiger partial charge on any atom is -0.397 e. The monoisotopic (exact) mass is 304 g/mol. The first-order valence-corrected chi connectivity index (χ1v) is 6.67. The number of halogens is 1. The molecule has 0 aliphatic carbocycles. The van der Waals surface area contributed by atoms with Crippen molar-refractivity contribution in [3.8, 4) is 0 Å². The van der Waals surface area contributed by atoms with Crippen LogP contribution in [0, 0.1) is 6.92 Å². The predicted octanol–water partition coefficient (Wildman–Crippen LogP) is 3.98. The van der Waals surface area contributed by atoms with E-state index in [0.29, 0.717) is 0 Å². The lowest BCUT2D eigenvalue weighted by atomic mass is 10.1. The van der Waals surface area contributed by atoms with Crippen molar-refractivity contribution in [1.29, 1.82) is 0 Å². The van der Waals surface area contributed by atoms with Crippen LogP contribution in [0.4, 0.5) is 11.4 Å². The van der Waals surface area contributed by atoms with Crippen molar-refractivity contribution in [2.24, 2.45) is 0 Å². The average molecular weight is 305 g/mol. The van der Waals surface area contributed by atoms with Crippen molar-refractivity contribution in [1.82, 2.24) is 0 Å². The Morgan fingerprint density at radius 1 is 1.17 bits per heavy atom. The van der Waals surface area contributed by atoms with Crippen LogP contribution in [0.25, 0.3) is 0 Å². The molecular weight excluding hydrogens is 288 g/mol. The first kappa shape index (κ1) is 13.0. The second kappa shape index (κ2) is 5.44. The minimum absolute atomic E-state index is 0.791. The third kappa shape index (κ3) is 3.05. The Morgan fingerprint density at radius 3 is 2.61 bits per heavy atom. The van der Waals surface area contributed by atoms with Gasteiger partial charge in [0.15, 0.2) is 0 Å². The molecule has 0 aromatic heterocycles. The van der Waals surface area contributed by atoms with Crippen molar-refractivity contribution in [3.63, 3.8) is 0 Å². The molecule has 2 aromatic rings. The van der Waals surface area contributed by atoms with Crippen molar-refractivity contribution in [3.05, 3.63) is 58.1 Å². The molecule has 0 aliphatic rings. The third-order valence-electron chi connectivity index (χ3n) is 2.90. The van der Waals surface area contributed by atoms with Crippen LogP contribution < -0.4 is 10.6 Å². The highest BCUT2D eigenvalue weighted by atomic mass is 79.9. The minimum atomic E-state index is 0.791. The molecule has 0 aliphatic heterocycles. The number of nitrogens with zero attached hydrogens (tertiary/aromatic N) is 1. The van der Waals surface area contributed by atoms with Gasteiger partial charge in [0.1, 0.15) is 0 Å². The first-order valence-electron chi connectivity index (χ1n) is 5.88. The Hall–Kier alpha value is -1.48. The van der Waals surface area contributed by atoms with Crippen molar-refractivity contribution < 1.29 is 0 Å². The Morgan fingerprint density at radius 2 is 1.94 bits per heavy atom. The van der Waals surface area contributed by atoms with Gasteiger partial charge in [0.25, 0.3) is 0 Å². The molecule has 3 heteroatoms. The van der Waals surface area contributed by atoms with Gasteiger partial charge < -0.3 is 10.6 Å². The van der Waals surface area contributed by atoms with E-state index in [4.69, 9.17) is 5.73 Å². The highest BCUT2D eigenvalue weighted by Crippen LogP contribution is 2.26. The second-order valence-electron chi connectivity index (χ2n) is 4.55. The number of aryl methyl sites for hydroxylation is 1. The van der Waals surface area contributed by atoms with Crippen LogP contribution in [0.5, 0.6) is 0 Å². The molecule has 2 N–H and O–H groups in total. The Bertz CT molecular complexity index is 552. The van der Waals surface area contributed by atoms with Gasteiger partial charge in [-0.15, -0.1) is 0 Å². The summed E-state index contributed by atoms with van der Waals surface area (Å²) in [4.78, 5) is 2.16. The number of rotatable bonds is 3. The molecule has 0 spiro atoms. The van der Waals surface area contributed by atoms with Crippen molar-refractivity contribution in [2.45, 2.75) is 13.5 Å². The lowest BCUT2D eigenvalue weighted by Gasteiger charge is -2.21. The summed E-state index contributed by atoms with van der Waals surface area (Å²) < 4.78 is 1.01. The van der Waals surface area contributed by atoms with Crippen LogP contribution in [0.1, 0.15) is 11.1 Å². The van der Waals surface area contributed by atoms with Gasteiger partial charge in [0, 0.05) is 18.1 Å². The summed E-state index contributed by atoms with van der Waals surface area (Å²) >= 11 is 3.42. The van der Waals surface area contributed by atoms with Crippen LogP contribution in [0.2, 0.25) is 0 Å². The molecule has 0 fully saturated rings. The molecule has 2 rings (SSSR count). The molecular formula is C15H17BrN2. The quantitative estimate of drug-likeness (QED) is 0.869. The highest BCUT2D eigenvalue weighted by Gasteiger charge is 2.06. The summed E-state index contributed by atoms with van der Waals surface area (Å²) in [6.45, 7) is 2.96. The molecule has 0 saturated carbocycles. The Balaban J connectivity index is 2.19. The number of hydrogen-bond donors (Lipinski definition) is 1. The van der Waals surface area contributed by atoms with E-state index >= 15 is 0 Å². The first-order chi connectivity index (χ1) is 8.56. The van der Waals surface area contributed by atoms with Gasteiger partial charge in [-0.25, -0.2) is 0 Å². The molecule has 2 aromatic carbocycles. The summed E-state index contributed by atoms with van der Waals surface area (Å²) in [6, 6.07) is 14.5. The van der Waals surface area contributed by atoms with E-state index in [9.17, 15) is 0 Å². The zero-order chi connectivity index (χ0) is 13.1. The highest BCUT2D eigenvalue weighted by molar-refractivity contribution is 9.10. The van der Waals surface area contributed by atoms with E-state index in [-0.39, 0.29) is 0 Å². The molecule has 0 saturated heterocycles. The van der Waals surface area contributed by atoms with E-state index in [2.05, 4.69) is 59.1 Å². The number of anilines is 2. The molecule has 0 unspecified atom stereocenters.